The Balaban J connectivity index is 3.38. The number of hydrogen-bond donors (Lipinski definition) is 1. The third kappa shape index (κ3) is 7.40. The zero-order valence-electron chi connectivity index (χ0n) is 6.64. The van der Waals surface area contributed by atoms with Gasteiger partial charge in [0.1, 0.15) is 0 Å². The highest BCUT2D eigenvalue weighted by molar-refractivity contribution is 6.18. The van der Waals surface area contributed by atoms with E-state index in [-0.39, 0.29) is 6.42 Å². The monoisotopic (exact) mass is 176 g/mol. The van der Waals surface area contributed by atoms with Crippen LogP contribution < -0.4 is 0 Å². The summed E-state index contributed by atoms with van der Waals surface area (Å²) in [4.78, 5) is 10.1. The Morgan fingerprint density at radius 2 is 2.18 bits per heavy atom. The molecular formula is C8H13ClO2. The van der Waals surface area contributed by atoms with E-state index in [1.165, 1.54) is 5.57 Å². The van der Waals surface area contributed by atoms with Crippen LogP contribution in [0.3, 0.4) is 0 Å². The molecule has 0 aromatic heterocycles. The fourth-order valence-electron chi connectivity index (χ4n) is 0.752. The molecule has 1 N–H and O–H groups in total. The van der Waals surface area contributed by atoms with Crippen LogP contribution in [0, 0.1) is 0 Å². The fraction of sp³-hybridized carbons (Fsp3) is 0.625. The molecule has 0 aliphatic heterocycles. The minimum Gasteiger partial charge on any atom is -0.481 e. The van der Waals surface area contributed by atoms with Crippen LogP contribution in [-0.4, -0.2) is 17.0 Å². The van der Waals surface area contributed by atoms with Gasteiger partial charge >= 0.3 is 5.97 Å². The summed E-state index contributed by atoms with van der Waals surface area (Å²) in [6, 6.07) is 0. The summed E-state index contributed by atoms with van der Waals surface area (Å²) in [6.07, 6.45) is 3.68. The van der Waals surface area contributed by atoms with E-state index in [0.29, 0.717) is 12.3 Å². The first-order valence-corrected chi connectivity index (χ1v) is 4.13. The lowest BCUT2D eigenvalue weighted by Gasteiger charge is -1.96. The van der Waals surface area contributed by atoms with Crippen molar-refractivity contribution in [3.05, 3.63) is 11.6 Å². The van der Waals surface area contributed by atoms with Gasteiger partial charge in [0, 0.05) is 12.3 Å². The second kappa shape index (κ2) is 6.23. The van der Waals surface area contributed by atoms with E-state index in [1.54, 1.807) is 0 Å². The summed E-state index contributed by atoms with van der Waals surface area (Å²) < 4.78 is 0. The zero-order valence-corrected chi connectivity index (χ0v) is 7.40. The van der Waals surface area contributed by atoms with Gasteiger partial charge in [0.2, 0.25) is 0 Å². The van der Waals surface area contributed by atoms with Crippen molar-refractivity contribution in [2.24, 2.45) is 0 Å². The van der Waals surface area contributed by atoms with Crippen LogP contribution in [-0.2, 0) is 4.79 Å². The van der Waals surface area contributed by atoms with Gasteiger partial charge < -0.3 is 5.11 Å². The Bertz CT molecular complexity index is 152. The Morgan fingerprint density at radius 3 is 2.64 bits per heavy atom. The highest BCUT2D eigenvalue weighted by Crippen LogP contribution is 2.06. The molecular weight excluding hydrogens is 164 g/mol. The van der Waals surface area contributed by atoms with Gasteiger partial charge in [-0.3, -0.25) is 4.79 Å². The number of rotatable bonds is 5. The number of carboxylic acid groups (broad SMARTS) is 1. The molecule has 0 bridgehead atoms. The second-order valence-corrected chi connectivity index (χ2v) is 2.76. The SMILES string of the molecule is CC(=CCCl)CCCC(=O)O. The zero-order chi connectivity index (χ0) is 8.69. The molecule has 0 heterocycles. The molecule has 2 nitrogen and oxygen atoms in total. The van der Waals surface area contributed by atoms with Gasteiger partial charge in [-0.05, 0) is 19.8 Å². The first-order chi connectivity index (χ1) is 5.16. The van der Waals surface area contributed by atoms with Gasteiger partial charge in [-0.15, -0.1) is 11.6 Å². The molecule has 0 aromatic carbocycles. The Labute approximate surface area is 71.9 Å². The van der Waals surface area contributed by atoms with Crippen molar-refractivity contribution in [3.63, 3.8) is 0 Å². The Morgan fingerprint density at radius 1 is 1.55 bits per heavy atom. The van der Waals surface area contributed by atoms with E-state index in [9.17, 15) is 4.79 Å². The molecule has 64 valence electrons. The molecule has 0 saturated carbocycles. The summed E-state index contributed by atoms with van der Waals surface area (Å²) in [5.41, 5.74) is 1.17. The predicted molar refractivity (Wildman–Crippen MR) is 46.0 cm³/mol. The number of halogens is 1. The first kappa shape index (κ1) is 10.5. The van der Waals surface area contributed by atoms with E-state index in [1.807, 2.05) is 13.0 Å². The van der Waals surface area contributed by atoms with Crippen LogP contribution in [0.5, 0.6) is 0 Å². The van der Waals surface area contributed by atoms with Gasteiger partial charge in [-0.25, -0.2) is 0 Å². The average molecular weight is 177 g/mol. The molecule has 0 amide bonds. The van der Waals surface area contributed by atoms with Crippen molar-refractivity contribution >= 4 is 17.6 Å². The lowest BCUT2D eigenvalue weighted by atomic mass is 10.1. The lowest BCUT2D eigenvalue weighted by Crippen LogP contribution is -1.93. The summed E-state index contributed by atoms with van der Waals surface area (Å²) in [6.45, 7) is 1.96. The summed E-state index contributed by atoms with van der Waals surface area (Å²) in [7, 11) is 0. The van der Waals surface area contributed by atoms with Crippen molar-refractivity contribution in [1.82, 2.24) is 0 Å². The molecule has 0 fully saturated rings. The number of aliphatic carboxylic acids is 1. The molecule has 0 saturated heterocycles. The molecule has 0 aliphatic carbocycles. The number of allylic oxidation sites excluding steroid dienone is 2. The Kier molecular flexibility index (Phi) is 5.94. The van der Waals surface area contributed by atoms with Crippen molar-refractivity contribution < 1.29 is 9.90 Å². The minimum atomic E-state index is -0.733. The number of alkyl halides is 1. The van der Waals surface area contributed by atoms with E-state index in [2.05, 4.69) is 0 Å². The van der Waals surface area contributed by atoms with E-state index < -0.39 is 5.97 Å². The second-order valence-electron chi connectivity index (χ2n) is 2.45. The number of carbonyl (C=O) groups is 1. The maximum atomic E-state index is 10.1. The molecule has 0 unspecified atom stereocenters. The van der Waals surface area contributed by atoms with Gasteiger partial charge in [0.15, 0.2) is 0 Å². The first-order valence-electron chi connectivity index (χ1n) is 3.60. The lowest BCUT2D eigenvalue weighted by molar-refractivity contribution is -0.137. The highest BCUT2D eigenvalue weighted by Gasteiger charge is 1.96. The van der Waals surface area contributed by atoms with Gasteiger partial charge in [-0.1, -0.05) is 11.6 Å². The average Bonchev–Trinajstić information content (AvgIpc) is 1.87. The van der Waals surface area contributed by atoms with Crippen LogP contribution >= 0.6 is 11.6 Å². The van der Waals surface area contributed by atoms with Crippen LogP contribution in [0.1, 0.15) is 26.2 Å². The largest absolute Gasteiger partial charge is 0.481 e. The van der Waals surface area contributed by atoms with Gasteiger partial charge in [0.05, 0.1) is 0 Å². The van der Waals surface area contributed by atoms with Crippen LogP contribution in [0.2, 0.25) is 0 Å². The quantitative estimate of drug-likeness (QED) is 0.516. The maximum Gasteiger partial charge on any atom is 0.303 e. The van der Waals surface area contributed by atoms with Crippen LogP contribution in [0.4, 0.5) is 0 Å². The summed E-state index contributed by atoms with van der Waals surface area (Å²) >= 11 is 5.45. The highest BCUT2D eigenvalue weighted by atomic mass is 35.5. The third-order valence-electron chi connectivity index (χ3n) is 1.39. The van der Waals surface area contributed by atoms with Crippen LogP contribution in [0.25, 0.3) is 0 Å². The standard InChI is InChI=1S/C8H13ClO2/c1-7(5-6-9)3-2-4-8(10)11/h5H,2-4,6H2,1H3,(H,10,11). The van der Waals surface area contributed by atoms with Crippen molar-refractivity contribution in [1.29, 1.82) is 0 Å². The predicted octanol–water partition coefficient (Wildman–Crippen LogP) is 2.43. The summed E-state index contributed by atoms with van der Waals surface area (Å²) in [5.74, 6) is -0.220. The number of hydrogen-bond acceptors (Lipinski definition) is 1. The maximum absolute atomic E-state index is 10.1. The molecule has 0 aliphatic rings. The molecule has 0 rings (SSSR count). The summed E-state index contributed by atoms with van der Waals surface area (Å²) in [5, 5.41) is 8.31. The van der Waals surface area contributed by atoms with E-state index in [4.69, 9.17) is 16.7 Å². The van der Waals surface area contributed by atoms with Crippen molar-refractivity contribution in [3.8, 4) is 0 Å². The van der Waals surface area contributed by atoms with Gasteiger partial charge in [0.25, 0.3) is 0 Å². The molecule has 0 radical (unpaired) electrons. The fourth-order valence-corrected chi connectivity index (χ4v) is 1.02. The minimum absolute atomic E-state index is 0.244. The molecule has 0 atom stereocenters. The normalized spacial score (nSPS) is 11.6. The van der Waals surface area contributed by atoms with Crippen LogP contribution in [0.15, 0.2) is 11.6 Å². The third-order valence-corrected chi connectivity index (χ3v) is 1.54. The van der Waals surface area contributed by atoms with Crippen molar-refractivity contribution in [2.75, 3.05) is 5.88 Å². The molecule has 3 heteroatoms. The molecule has 11 heavy (non-hydrogen) atoms. The van der Waals surface area contributed by atoms with Crippen molar-refractivity contribution in [2.45, 2.75) is 26.2 Å². The Hall–Kier alpha value is -0.500. The molecule has 0 spiro atoms. The van der Waals surface area contributed by atoms with E-state index in [0.717, 1.165) is 6.42 Å². The van der Waals surface area contributed by atoms with Gasteiger partial charge in [-0.2, -0.15) is 0 Å². The van der Waals surface area contributed by atoms with E-state index >= 15 is 0 Å². The smallest absolute Gasteiger partial charge is 0.303 e. The topological polar surface area (TPSA) is 37.3 Å². The molecule has 0 aromatic rings. The number of carboxylic acids is 1.